The maximum Gasteiger partial charge on any atom is 0.323 e. The Hall–Kier alpha value is -2.53. The van der Waals surface area contributed by atoms with Crippen molar-refractivity contribution in [2.45, 2.75) is 66.5 Å². The van der Waals surface area contributed by atoms with Gasteiger partial charge in [-0.05, 0) is 94.8 Å². The largest absolute Gasteiger partial charge is 0.507 e. The first-order chi connectivity index (χ1) is 13.4. The number of hydrogen-bond acceptors (Lipinski definition) is 5. The second-order valence-electron chi connectivity index (χ2n) is 8.74. The van der Waals surface area contributed by atoms with E-state index in [1.165, 1.54) is 7.11 Å². The summed E-state index contributed by atoms with van der Waals surface area (Å²) in [5.74, 6) is 1.50. The van der Waals surface area contributed by atoms with Gasteiger partial charge in [0.1, 0.15) is 23.3 Å². The molecule has 0 saturated carbocycles. The number of phenolic OH excluding ortho intramolecular Hbond substituents is 1. The van der Waals surface area contributed by atoms with E-state index in [-0.39, 0.29) is 11.5 Å². The molecule has 2 aromatic carbocycles. The number of ether oxygens (including phenoxy) is 2. The van der Waals surface area contributed by atoms with E-state index in [1.807, 2.05) is 72.7 Å². The zero-order valence-electron chi connectivity index (χ0n) is 18.8. The Balaban J connectivity index is 2.29. The highest BCUT2D eigenvalue weighted by molar-refractivity contribution is 5.76. The van der Waals surface area contributed by atoms with Crippen molar-refractivity contribution in [1.82, 2.24) is 5.32 Å². The van der Waals surface area contributed by atoms with Crippen molar-refractivity contribution in [1.29, 1.82) is 0 Å². The molecule has 0 amide bonds. The summed E-state index contributed by atoms with van der Waals surface area (Å²) < 4.78 is 11.1. The summed E-state index contributed by atoms with van der Waals surface area (Å²) in [5, 5.41) is 13.3. The summed E-state index contributed by atoms with van der Waals surface area (Å²) in [6, 6.07) is 7.32. The number of nitrogens with one attached hydrogen (secondary N) is 1. The lowest BCUT2D eigenvalue weighted by molar-refractivity contribution is -0.143. The van der Waals surface area contributed by atoms with Gasteiger partial charge in [-0.1, -0.05) is 12.1 Å². The third-order valence-corrected chi connectivity index (χ3v) is 4.74. The van der Waals surface area contributed by atoms with Crippen molar-refractivity contribution < 1.29 is 19.4 Å². The first-order valence-electron chi connectivity index (χ1n) is 9.85. The zero-order chi connectivity index (χ0) is 21.9. The summed E-state index contributed by atoms with van der Waals surface area (Å²) in [6.45, 7) is 13.8. The van der Waals surface area contributed by atoms with E-state index in [0.717, 1.165) is 33.6 Å². The molecule has 2 rings (SSSR count). The van der Waals surface area contributed by atoms with Gasteiger partial charge >= 0.3 is 5.97 Å². The molecule has 1 unspecified atom stereocenters. The minimum atomic E-state index is -0.423. The molecule has 158 valence electrons. The van der Waals surface area contributed by atoms with Crippen LogP contribution >= 0.6 is 0 Å². The fourth-order valence-corrected chi connectivity index (χ4v) is 3.51. The summed E-state index contributed by atoms with van der Waals surface area (Å²) in [6.07, 6.45) is 0.531. The quantitative estimate of drug-likeness (QED) is 0.677. The van der Waals surface area contributed by atoms with Crippen molar-refractivity contribution in [2.75, 3.05) is 7.11 Å². The zero-order valence-corrected chi connectivity index (χ0v) is 18.8. The molecule has 0 spiro atoms. The summed E-state index contributed by atoms with van der Waals surface area (Å²) in [5.41, 5.74) is 4.37. The van der Waals surface area contributed by atoms with Crippen LogP contribution in [0.25, 0.3) is 0 Å². The minimum Gasteiger partial charge on any atom is -0.507 e. The van der Waals surface area contributed by atoms with E-state index in [0.29, 0.717) is 17.9 Å². The van der Waals surface area contributed by atoms with Crippen LogP contribution in [0.5, 0.6) is 17.2 Å². The van der Waals surface area contributed by atoms with Gasteiger partial charge in [0.15, 0.2) is 0 Å². The van der Waals surface area contributed by atoms with Crippen LogP contribution in [0.1, 0.15) is 48.6 Å². The molecule has 0 aliphatic heterocycles. The van der Waals surface area contributed by atoms with Crippen LogP contribution in [0.4, 0.5) is 0 Å². The number of aromatic hydroxyl groups is 1. The molecule has 0 fully saturated rings. The van der Waals surface area contributed by atoms with E-state index in [9.17, 15) is 9.90 Å². The summed E-state index contributed by atoms with van der Waals surface area (Å²) in [7, 11) is 1.41. The third kappa shape index (κ3) is 5.97. The molecular formula is C24H33NO4. The normalized spacial score (nSPS) is 12.6. The van der Waals surface area contributed by atoms with Gasteiger partial charge in [0, 0.05) is 5.54 Å². The van der Waals surface area contributed by atoms with Crippen LogP contribution in [-0.4, -0.2) is 29.8 Å². The highest BCUT2D eigenvalue weighted by atomic mass is 16.5. The Kier molecular flexibility index (Phi) is 6.96. The smallest absolute Gasteiger partial charge is 0.323 e. The Morgan fingerprint density at radius 1 is 1.00 bits per heavy atom. The highest BCUT2D eigenvalue weighted by Gasteiger charge is 2.25. The third-order valence-electron chi connectivity index (χ3n) is 4.74. The standard InChI is InChI=1S/C24H33NO4/c1-14-11-19(12-15(2)21(14)26)29-22-16(3)9-18(10-17(22)4)13-20(23(27)28-8)25-24(5,6)7/h9-12,20,25-26H,13H2,1-8H3. The summed E-state index contributed by atoms with van der Waals surface area (Å²) in [4.78, 5) is 12.2. The predicted octanol–water partition coefficient (Wildman–Crippen LogP) is 4.89. The number of phenols is 1. The van der Waals surface area contributed by atoms with Gasteiger partial charge in [0.05, 0.1) is 7.11 Å². The monoisotopic (exact) mass is 399 g/mol. The maximum atomic E-state index is 12.2. The van der Waals surface area contributed by atoms with Crippen molar-refractivity contribution in [3.05, 3.63) is 52.1 Å². The van der Waals surface area contributed by atoms with Gasteiger partial charge in [-0.25, -0.2) is 0 Å². The number of methoxy groups -OCH3 is 1. The van der Waals surface area contributed by atoms with E-state index in [2.05, 4.69) is 5.32 Å². The average molecular weight is 400 g/mol. The SMILES string of the molecule is COC(=O)C(Cc1cc(C)c(Oc2cc(C)c(O)c(C)c2)c(C)c1)NC(C)(C)C. The van der Waals surface area contributed by atoms with Gasteiger partial charge in [-0.3, -0.25) is 10.1 Å². The van der Waals surface area contributed by atoms with E-state index in [4.69, 9.17) is 9.47 Å². The molecule has 5 nitrogen and oxygen atoms in total. The maximum absolute atomic E-state index is 12.2. The van der Waals surface area contributed by atoms with Crippen LogP contribution < -0.4 is 10.1 Å². The molecule has 5 heteroatoms. The first-order valence-corrected chi connectivity index (χ1v) is 9.85. The number of esters is 1. The molecule has 29 heavy (non-hydrogen) atoms. The molecule has 2 N–H and O–H groups in total. The molecule has 0 aromatic heterocycles. The predicted molar refractivity (Wildman–Crippen MR) is 116 cm³/mol. The number of carbonyl (C=O) groups excluding carboxylic acids is 1. The fraction of sp³-hybridized carbons (Fsp3) is 0.458. The van der Waals surface area contributed by atoms with Gasteiger partial charge in [0.25, 0.3) is 0 Å². The molecule has 0 aliphatic carbocycles. The molecular weight excluding hydrogens is 366 g/mol. The van der Waals surface area contributed by atoms with E-state index < -0.39 is 6.04 Å². The van der Waals surface area contributed by atoms with Crippen LogP contribution in [0.15, 0.2) is 24.3 Å². The van der Waals surface area contributed by atoms with Crippen molar-refractivity contribution in [3.8, 4) is 17.2 Å². The van der Waals surface area contributed by atoms with Crippen molar-refractivity contribution >= 4 is 5.97 Å². The number of aryl methyl sites for hydroxylation is 4. The lowest BCUT2D eigenvalue weighted by atomic mass is 9.98. The average Bonchev–Trinajstić information content (AvgIpc) is 2.60. The number of carbonyl (C=O) groups is 1. The molecule has 0 aliphatic rings. The lowest BCUT2D eigenvalue weighted by Gasteiger charge is -2.27. The van der Waals surface area contributed by atoms with Crippen molar-refractivity contribution in [2.24, 2.45) is 0 Å². The van der Waals surface area contributed by atoms with Crippen LogP contribution in [0.2, 0.25) is 0 Å². The Bertz CT molecular complexity index is 850. The summed E-state index contributed by atoms with van der Waals surface area (Å²) >= 11 is 0. The Morgan fingerprint density at radius 3 is 1.97 bits per heavy atom. The molecule has 1 atom stereocenters. The van der Waals surface area contributed by atoms with Crippen molar-refractivity contribution in [3.63, 3.8) is 0 Å². The van der Waals surface area contributed by atoms with Crippen LogP contribution in [0, 0.1) is 27.7 Å². The topological polar surface area (TPSA) is 67.8 Å². The Morgan fingerprint density at radius 2 is 1.52 bits per heavy atom. The second-order valence-corrected chi connectivity index (χ2v) is 8.74. The van der Waals surface area contributed by atoms with E-state index >= 15 is 0 Å². The van der Waals surface area contributed by atoms with E-state index in [1.54, 1.807) is 0 Å². The number of hydrogen-bond donors (Lipinski definition) is 2. The van der Waals surface area contributed by atoms with Gasteiger partial charge in [-0.15, -0.1) is 0 Å². The molecule has 0 bridgehead atoms. The lowest BCUT2D eigenvalue weighted by Crippen LogP contribution is -2.49. The van der Waals surface area contributed by atoms with Gasteiger partial charge in [-0.2, -0.15) is 0 Å². The number of rotatable bonds is 6. The molecule has 0 heterocycles. The first kappa shape index (κ1) is 22.8. The molecule has 2 aromatic rings. The molecule has 0 radical (unpaired) electrons. The fourth-order valence-electron chi connectivity index (χ4n) is 3.51. The number of benzene rings is 2. The minimum absolute atomic E-state index is 0.208. The van der Waals surface area contributed by atoms with Crippen LogP contribution in [-0.2, 0) is 16.0 Å². The highest BCUT2D eigenvalue weighted by Crippen LogP contribution is 2.34. The second kappa shape index (κ2) is 8.87. The van der Waals surface area contributed by atoms with Gasteiger partial charge < -0.3 is 14.6 Å². The molecule has 0 saturated heterocycles. The van der Waals surface area contributed by atoms with Crippen LogP contribution in [0.3, 0.4) is 0 Å². The van der Waals surface area contributed by atoms with Gasteiger partial charge in [0.2, 0.25) is 0 Å². The Labute approximate surface area is 174 Å².